The summed E-state index contributed by atoms with van der Waals surface area (Å²) in [6.45, 7) is 1.53. The number of rotatable bonds is 6. The maximum Gasteiger partial charge on any atom is 0.191 e. The highest BCUT2D eigenvalue weighted by molar-refractivity contribution is 7.98. The van der Waals surface area contributed by atoms with Crippen LogP contribution in [0.2, 0.25) is 0 Å². The minimum absolute atomic E-state index is 0.182. The molecule has 1 aliphatic heterocycles. The molecule has 134 valence electrons. The highest BCUT2D eigenvalue weighted by Crippen LogP contribution is 2.28. The molecule has 0 unspecified atom stereocenters. The smallest absolute Gasteiger partial charge is 0.191 e. The number of hydrogen-bond donors (Lipinski definition) is 0. The lowest BCUT2D eigenvalue weighted by atomic mass is 10.2. The van der Waals surface area contributed by atoms with E-state index < -0.39 is 0 Å². The fourth-order valence-electron chi connectivity index (χ4n) is 3.09. The molecule has 0 aliphatic carbocycles. The molecule has 4 rings (SSSR count). The Morgan fingerprint density at radius 3 is 2.62 bits per heavy atom. The van der Waals surface area contributed by atoms with E-state index in [0.29, 0.717) is 0 Å². The fourth-order valence-corrected chi connectivity index (χ4v) is 3.99. The number of halogens is 1. The molecule has 0 radical (unpaired) electrons. The molecule has 2 heterocycles. The zero-order valence-electron chi connectivity index (χ0n) is 14.3. The summed E-state index contributed by atoms with van der Waals surface area (Å²) in [5.74, 6) is 1.34. The molecule has 1 fully saturated rings. The SMILES string of the molecule is Fc1ccc(-c2nnc(SCc3ccccc3)n2C[C@H]2CCCO2)cc1. The van der Waals surface area contributed by atoms with Gasteiger partial charge < -0.3 is 4.74 Å². The van der Waals surface area contributed by atoms with Crippen molar-refractivity contribution in [3.63, 3.8) is 0 Å². The van der Waals surface area contributed by atoms with Gasteiger partial charge in [-0.15, -0.1) is 10.2 Å². The molecule has 0 spiro atoms. The molecule has 0 amide bonds. The summed E-state index contributed by atoms with van der Waals surface area (Å²) in [7, 11) is 0. The lowest BCUT2D eigenvalue weighted by Crippen LogP contribution is -2.16. The van der Waals surface area contributed by atoms with Crippen molar-refractivity contribution in [2.24, 2.45) is 0 Å². The topological polar surface area (TPSA) is 39.9 Å². The number of ether oxygens (including phenoxy) is 1. The standard InChI is InChI=1S/C20H20FN3OS/c21-17-10-8-16(9-11-17)19-22-23-20(24(19)13-18-7-4-12-25-18)26-14-15-5-2-1-3-6-15/h1-3,5-6,8-11,18H,4,7,12-14H2/t18-/m1/s1. The monoisotopic (exact) mass is 369 g/mol. The highest BCUT2D eigenvalue weighted by Gasteiger charge is 2.21. The van der Waals surface area contributed by atoms with Gasteiger partial charge in [0.15, 0.2) is 11.0 Å². The summed E-state index contributed by atoms with van der Waals surface area (Å²) in [4.78, 5) is 0. The average molecular weight is 369 g/mol. The molecule has 0 saturated carbocycles. The Labute approximate surface area is 156 Å². The number of thioether (sulfide) groups is 1. The summed E-state index contributed by atoms with van der Waals surface area (Å²) in [6, 6.07) is 16.7. The maximum atomic E-state index is 13.3. The Kier molecular flexibility index (Phi) is 5.32. The first-order valence-corrected chi connectivity index (χ1v) is 9.75. The summed E-state index contributed by atoms with van der Waals surface area (Å²) >= 11 is 1.66. The van der Waals surface area contributed by atoms with Gasteiger partial charge in [-0.1, -0.05) is 42.1 Å². The maximum absolute atomic E-state index is 13.3. The van der Waals surface area contributed by atoms with Gasteiger partial charge >= 0.3 is 0 Å². The first-order valence-electron chi connectivity index (χ1n) is 8.77. The van der Waals surface area contributed by atoms with Crippen LogP contribution in [-0.4, -0.2) is 27.5 Å². The largest absolute Gasteiger partial charge is 0.376 e. The van der Waals surface area contributed by atoms with Gasteiger partial charge in [0.25, 0.3) is 0 Å². The van der Waals surface area contributed by atoms with Crippen LogP contribution in [0.15, 0.2) is 59.8 Å². The Hall–Kier alpha value is -2.18. The van der Waals surface area contributed by atoms with Crippen molar-refractivity contribution < 1.29 is 9.13 Å². The number of nitrogens with zero attached hydrogens (tertiary/aromatic N) is 3. The van der Waals surface area contributed by atoms with Crippen molar-refractivity contribution in [2.75, 3.05) is 6.61 Å². The van der Waals surface area contributed by atoms with Gasteiger partial charge in [0.05, 0.1) is 12.6 Å². The van der Waals surface area contributed by atoms with Crippen LogP contribution in [0, 0.1) is 5.82 Å². The van der Waals surface area contributed by atoms with E-state index in [9.17, 15) is 4.39 Å². The third-order valence-electron chi connectivity index (χ3n) is 4.44. The number of aromatic nitrogens is 3. The molecule has 0 N–H and O–H groups in total. The summed E-state index contributed by atoms with van der Waals surface area (Å²) < 4.78 is 21.2. The Balaban J connectivity index is 1.60. The highest BCUT2D eigenvalue weighted by atomic mass is 32.2. The summed E-state index contributed by atoms with van der Waals surface area (Å²) in [6.07, 6.45) is 2.32. The molecule has 3 aromatic rings. The zero-order valence-corrected chi connectivity index (χ0v) is 15.2. The van der Waals surface area contributed by atoms with E-state index in [1.54, 1.807) is 23.9 Å². The van der Waals surface area contributed by atoms with Crippen molar-refractivity contribution in [3.05, 3.63) is 66.0 Å². The van der Waals surface area contributed by atoms with Crippen LogP contribution in [0.1, 0.15) is 18.4 Å². The van der Waals surface area contributed by atoms with Crippen molar-refractivity contribution in [1.29, 1.82) is 0 Å². The van der Waals surface area contributed by atoms with Gasteiger partial charge in [-0.3, -0.25) is 4.57 Å². The van der Waals surface area contributed by atoms with Crippen molar-refractivity contribution in [3.8, 4) is 11.4 Å². The van der Waals surface area contributed by atoms with Crippen molar-refractivity contribution in [2.45, 2.75) is 36.4 Å². The molecule has 1 aliphatic rings. The van der Waals surface area contributed by atoms with Gasteiger partial charge in [-0.2, -0.15) is 0 Å². The van der Waals surface area contributed by atoms with Crippen LogP contribution >= 0.6 is 11.8 Å². The Morgan fingerprint density at radius 2 is 1.88 bits per heavy atom. The molecule has 1 aromatic heterocycles. The molecule has 6 heteroatoms. The van der Waals surface area contributed by atoms with Crippen molar-refractivity contribution >= 4 is 11.8 Å². The number of hydrogen-bond acceptors (Lipinski definition) is 4. The van der Waals surface area contributed by atoms with Crippen LogP contribution in [0.5, 0.6) is 0 Å². The van der Waals surface area contributed by atoms with E-state index in [4.69, 9.17) is 4.74 Å². The summed E-state index contributed by atoms with van der Waals surface area (Å²) in [5, 5.41) is 9.65. The predicted octanol–water partition coefficient (Wildman–Crippen LogP) is 4.56. The second kappa shape index (κ2) is 8.01. The minimum Gasteiger partial charge on any atom is -0.376 e. The van der Waals surface area contributed by atoms with Gasteiger partial charge in [0.1, 0.15) is 5.82 Å². The van der Waals surface area contributed by atoms with Crippen LogP contribution in [-0.2, 0) is 17.0 Å². The van der Waals surface area contributed by atoms with E-state index >= 15 is 0 Å². The lowest BCUT2D eigenvalue weighted by molar-refractivity contribution is 0.0953. The first kappa shape index (κ1) is 17.2. The van der Waals surface area contributed by atoms with Gasteiger partial charge in [0, 0.05) is 17.9 Å². The van der Waals surface area contributed by atoms with Crippen LogP contribution < -0.4 is 0 Å². The predicted molar refractivity (Wildman–Crippen MR) is 100 cm³/mol. The molecule has 26 heavy (non-hydrogen) atoms. The zero-order chi connectivity index (χ0) is 17.8. The van der Waals surface area contributed by atoms with Gasteiger partial charge in [0.2, 0.25) is 0 Å². The van der Waals surface area contributed by atoms with Crippen molar-refractivity contribution in [1.82, 2.24) is 14.8 Å². The first-order chi connectivity index (χ1) is 12.8. The Bertz CT molecular complexity index is 845. The lowest BCUT2D eigenvalue weighted by Gasteiger charge is -2.14. The second-order valence-corrected chi connectivity index (χ2v) is 7.28. The van der Waals surface area contributed by atoms with Crippen LogP contribution in [0.25, 0.3) is 11.4 Å². The van der Waals surface area contributed by atoms with E-state index in [0.717, 1.165) is 48.3 Å². The third-order valence-corrected chi connectivity index (χ3v) is 5.48. The van der Waals surface area contributed by atoms with E-state index in [1.165, 1.54) is 17.7 Å². The molecular formula is C20H20FN3OS. The normalized spacial score (nSPS) is 16.9. The van der Waals surface area contributed by atoms with E-state index in [1.807, 2.05) is 18.2 Å². The quantitative estimate of drug-likeness (QED) is 0.598. The van der Waals surface area contributed by atoms with E-state index in [-0.39, 0.29) is 11.9 Å². The molecule has 4 nitrogen and oxygen atoms in total. The molecule has 1 atom stereocenters. The summed E-state index contributed by atoms with van der Waals surface area (Å²) in [5.41, 5.74) is 2.11. The Morgan fingerprint density at radius 1 is 1.08 bits per heavy atom. The van der Waals surface area contributed by atoms with Crippen LogP contribution in [0.4, 0.5) is 4.39 Å². The van der Waals surface area contributed by atoms with Gasteiger partial charge in [-0.25, -0.2) is 4.39 Å². The number of benzene rings is 2. The average Bonchev–Trinajstić information content (AvgIpc) is 3.32. The molecule has 2 aromatic carbocycles. The second-order valence-electron chi connectivity index (χ2n) is 6.33. The molecule has 1 saturated heterocycles. The van der Waals surface area contributed by atoms with Crippen LogP contribution in [0.3, 0.4) is 0 Å². The molecule has 0 bridgehead atoms. The minimum atomic E-state index is -0.252. The molecular weight excluding hydrogens is 349 g/mol. The van der Waals surface area contributed by atoms with E-state index in [2.05, 4.69) is 26.9 Å². The van der Waals surface area contributed by atoms with Gasteiger partial charge in [-0.05, 0) is 42.7 Å². The fraction of sp³-hybridized carbons (Fsp3) is 0.300. The third kappa shape index (κ3) is 3.97.